The fraction of sp³-hybridized carbons (Fsp3) is 0.625. The fourth-order valence-corrected chi connectivity index (χ4v) is 1.11. The number of carbonyl (C=O) groups is 1. The molecule has 1 amide bonds. The van der Waals surface area contributed by atoms with Gasteiger partial charge in [-0.05, 0) is 12.8 Å². The summed E-state index contributed by atoms with van der Waals surface area (Å²) >= 11 is 0. The molecular weight excluding hydrogens is 184 g/mol. The summed E-state index contributed by atoms with van der Waals surface area (Å²) in [4.78, 5) is 15.3. The molecule has 0 saturated heterocycles. The molecule has 0 aromatic carbocycles. The number of hydrogen-bond acceptors (Lipinski definition) is 5. The number of nitrogens with one attached hydrogen (secondary N) is 1. The Morgan fingerprint density at radius 2 is 2.43 bits per heavy atom. The van der Waals surface area contributed by atoms with Gasteiger partial charge in [0.25, 0.3) is 0 Å². The van der Waals surface area contributed by atoms with Crippen molar-refractivity contribution in [1.29, 1.82) is 0 Å². The van der Waals surface area contributed by atoms with E-state index in [1.807, 2.05) is 0 Å². The Morgan fingerprint density at radius 3 is 2.93 bits per heavy atom. The Morgan fingerprint density at radius 1 is 1.71 bits per heavy atom. The molecule has 1 aromatic heterocycles. The average Bonchev–Trinajstić information content (AvgIpc) is 2.76. The molecule has 2 rings (SSSR count). The van der Waals surface area contributed by atoms with Crippen molar-refractivity contribution in [3.8, 4) is 0 Å². The van der Waals surface area contributed by atoms with E-state index < -0.39 is 5.54 Å². The van der Waals surface area contributed by atoms with Crippen LogP contribution in [0.2, 0.25) is 0 Å². The predicted molar refractivity (Wildman–Crippen MR) is 47.0 cm³/mol. The van der Waals surface area contributed by atoms with E-state index in [-0.39, 0.29) is 12.5 Å². The molecule has 1 heterocycles. The van der Waals surface area contributed by atoms with Crippen LogP contribution in [-0.2, 0) is 11.3 Å². The normalized spacial score (nSPS) is 17.9. The van der Waals surface area contributed by atoms with E-state index in [1.54, 1.807) is 6.92 Å². The smallest absolute Gasteiger partial charge is 0.240 e. The van der Waals surface area contributed by atoms with Crippen molar-refractivity contribution in [2.75, 3.05) is 0 Å². The van der Waals surface area contributed by atoms with Crippen LogP contribution in [0.25, 0.3) is 0 Å². The fourth-order valence-electron chi connectivity index (χ4n) is 1.11. The maximum absolute atomic E-state index is 11.4. The number of aryl methyl sites for hydroxylation is 1. The molecule has 1 saturated carbocycles. The zero-order chi connectivity index (χ0) is 10.2. The molecule has 0 unspecified atom stereocenters. The summed E-state index contributed by atoms with van der Waals surface area (Å²) in [7, 11) is 0. The van der Waals surface area contributed by atoms with Gasteiger partial charge in [0, 0.05) is 6.92 Å². The molecule has 1 aliphatic carbocycles. The lowest BCUT2D eigenvalue weighted by molar-refractivity contribution is -0.123. The minimum absolute atomic E-state index is 0.139. The molecule has 1 aliphatic rings. The van der Waals surface area contributed by atoms with Crippen molar-refractivity contribution >= 4 is 5.91 Å². The first-order valence-electron chi connectivity index (χ1n) is 4.46. The van der Waals surface area contributed by atoms with Crippen LogP contribution < -0.4 is 11.1 Å². The minimum atomic E-state index is -0.640. The summed E-state index contributed by atoms with van der Waals surface area (Å²) in [5.41, 5.74) is 5.04. The van der Waals surface area contributed by atoms with Crippen LogP contribution in [-0.4, -0.2) is 21.6 Å². The van der Waals surface area contributed by atoms with Gasteiger partial charge in [-0.25, -0.2) is 0 Å². The Hall–Kier alpha value is -1.43. The lowest BCUT2D eigenvalue weighted by Crippen LogP contribution is -2.42. The van der Waals surface area contributed by atoms with E-state index in [4.69, 9.17) is 10.3 Å². The Kier molecular flexibility index (Phi) is 1.99. The van der Waals surface area contributed by atoms with Crippen LogP contribution >= 0.6 is 0 Å². The van der Waals surface area contributed by atoms with Gasteiger partial charge >= 0.3 is 0 Å². The first kappa shape index (κ1) is 9.14. The van der Waals surface area contributed by atoms with E-state index >= 15 is 0 Å². The predicted octanol–water partition coefficient (Wildman–Crippen LogP) is -0.514. The standard InChI is InChI=1S/C8H12N4O2/c1-5-11-6(12-14-5)4-10-7(13)8(9)2-3-8/h2-4,9H2,1H3,(H,10,13). The number of nitrogens with zero attached hydrogens (tertiary/aromatic N) is 2. The molecule has 0 atom stereocenters. The van der Waals surface area contributed by atoms with Crippen LogP contribution in [0.5, 0.6) is 0 Å². The van der Waals surface area contributed by atoms with Crippen LogP contribution in [0.4, 0.5) is 0 Å². The van der Waals surface area contributed by atoms with Gasteiger partial charge in [0.1, 0.15) is 0 Å². The van der Waals surface area contributed by atoms with Gasteiger partial charge in [0.05, 0.1) is 12.1 Å². The van der Waals surface area contributed by atoms with Gasteiger partial charge in [0.15, 0.2) is 5.82 Å². The zero-order valence-corrected chi connectivity index (χ0v) is 7.91. The van der Waals surface area contributed by atoms with E-state index in [9.17, 15) is 4.79 Å². The van der Waals surface area contributed by atoms with Crippen LogP contribution in [0.3, 0.4) is 0 Å². The maximum Gasteiger partial charge on any atom is 0.240 e. The summed E-state index contributed by atoms with van der Waals surface area (Å²) in [5.74, 6) is 0.822. The monoisotopic (exact) mass is 196 g/mol. The molecular formula is C8H12N4O2. The summed E-state index contributed by atoms with van der Waals surface area (Å²) < 4.78 is 4.75. The van der Waals surface area contributed by atoms with Gasteiger partial charge in [-0.1, -0.05) is 5.16 Å². The maximum atomic E-state index is 11.4. The molecule has 1 fully saturated rings. The molecule has 3 N–H and O–H groups in total. The molecule has 1 aromatic rings. The Bertz CT molecular complexity index is 356. The van der Waals surface area contributed by atoms with Crippen molar-refractivity contribution in [3.05, 3.63) is 11.7 Å². The van der Waals surface area contributed by atoms with Crippen LogP contribution in [0.15, 0.2) is 4.52 Å². The number of amides is 1. The molecule has 6 heteroatoms. The molecule has 0 aliphatic heterocycles. The zero-order valence-electron chi connectivity index (χ0n) is 7.91. The van der Waals surface area contributed by atoms with E-state index in [0.29, 0.717) is 11.7 Å². The molecule has 76 valence electrons. The van der Waals surface area contributed by atoms with Gasteiger partial charge in [-0.3, -0.25) is 4.79 Å². The largest absolute Gasteiger partial charge is 0.347 e. The summed E-state index contributed by atoms with van der Waals surface area (Å²) in [6.45, 7) is 1.97. The number of rotatable bonds is 3. The van der Waals surface area contributed by atoms with E-state index in [2.05, 4.69) is 15.5 Å². The van der Waals surface area contributed by atoms with Crippen molar-refractivity contribution in [2.24, 2.45) is 5.73 Å². The summed E-state index contributed by atoms with van der Waals surface area (Å²) in [6.07, 6.45) is 1.51. The number of nitrogens with two attached hydrogens (primary N) is 1. The highest BCUT2D eigenvalue weighted by Gasteiger charge is 2.45. The summed E-state index contributed by atoms with van der Waals surface area (Å²) in [6, 6.07) is 0. The molecule has 14 heavy (non-hydrogen) atoms. The highest BCUT2D eigenvalue weighted by Crippen LogP contribution is 2.32. The number of hydrogen-bond donors (Lipinski definition) is 2. The second kappa shape index (κ2) is 3.06. The molecule has 0 spiro atoms. The molecule has 0 radical (unpaired) electrons. The van der Waals surface area contributed by atoms with Crippen molar-refractivity contribution in [1.82, 2.24) is 15.5 Å². The highest BCUT2D eigenvalue weighted by molar-refractivity contribution is 5.88. The average molecular weight is 196 g/mol. The minimum Gasteiger partial charge on any atom is -0.347 e. The molecule has 0 bridgehead atoms. The Labute approximate surface area is 80.9 Å². The third-order valence-corrected chi connectivity index (χ3v) is 2.22. The second-order valence-corrected chi connectivity index (χ2v) is 3.57. The van der Waals surface area contributed by atoms with Gasteiger partial charge < -0.3 is 15.6 Å². The van der Waals surface area contributed by atoms with E-state index in [0.717, 1.165) is 12.8 Å². The highest BCUT2D eigenvalue weighted by atomic mass is 16.5. The van der Waals surface area contributed by atoms with Crippen LogP contribution in [0.1, 0.15) is 24.6 Å². The number of aromatic nitrogens is 2. The first-order valence-corrected chi connectivity index (χ1v) is 4.46. The van der Waals surface area contributed by atoms with Crippen molar-refractivity contribution in [2.45, 2.75) is 31.8 Å². The quantitative estimate of drug-likeness (QED) is 0.678. The SMILES string of the molecule is Cc1nc(CNC(=O)C2(N)CC2)no1. The number of carbonyl (C=O) groups excluding carboxylic acids is 1. The van der Waals surface area contributed by atoms with Crippen molar-refractivity contribution in [3.63, 3.8) is 0 Å². The first-order chi connectivity index (χ1) is 6.60. The van der Waals surface area contributed by atoms with Gasteiger partial charge in [-0.15, -0.1) is 0 Å². The second-order valence-electron chi connectivity index (χ2n) is 3.57. The lowest BCUT2D eigenvalue weighted by atomic mass is 10.3. The lowest BCUT2D eigenvalue weighted by Gasteiger charge is -2.07. The van der Waals surface area contributed by atoms with Crippen LogP contribution in [0, 0.1) is 6.92 Å². The Balaban J connectivity index is 1.85. The van der Waals surface area contributed by atoms with Crippen molar-refractivity contribution < 1.29 is 9.32 Å². The van der Waals surface area contributed by atoms with E-state index in [1.165, 1.54) is 0 Å². The molecule has 6 nitrogen and oxygen atoms in total. The van der Waals surface area contributed by atoms with Gasteiger partial charge in [-0.2, -0.15) is 4.98 Å². The third-order valence-electron chi connectivity index (χ3n) is 2.22. The third kappa shape index (κ3) is 1.74. The van der Waals surface area contributed by atoms with Gasteiger partial charge in [0.2, 0.25) is 11.8 Å². The topological polar surface area (TPSA) is 94.0 Å². The summed E-state index contributed by atoms with van der Waals surface area (Å²) in [5, 5.41) is 6.31.